The number of nitriles is 1. The van der Waals surface area contributed by atoms with E-state index in [1.54, 1.807) is 12.1 Å². The lowest BCUT2D eigenvalue weighted by Crippen LogP contribution is -2.53. The molecule has 0 saturated heterocycles. The smallest absolute Gasteiger partial charge is 0.269 e. The number of amides is 2. The van der Waals surface area contributed by atoms with E-state index in [-0.39, 0.29) is 14.5 Å². The van der Waals surface area contributed by atoms with Crippen LogP contribution in [0.2, 0.25) is 23.2 Å². The van der Waals surface area contributed by atoms with E-state index in [4.69, 9.17) is 11.6 Å². The molecule has 2 aromatic carbocycles. The number of nitrogens with one attached hydrogen (secondary N) is 3. The SMILES string of the molecule is CC(C)(C[C@H](I)[C@@H](Nc1ccc(C#N)c(Cl)c1I)C(=O)NNC(=O)c1ccc(F)cc1)[Si](C)(C)O. The van der Waals surface area contributed by atoms with E-state index in [0.29, 0.717) is 21.2 Å². The molecule has 0 spiro atoms. The van der Waals surface area contributed by atoms with Crippen molar-refractivity contribution in [2.45, 2.75) is 48.4 Å². The highest BCUT2D eigenvalue weighted by atomic mass is 127. The minimum absolute atomic E-state index is 0.185. The van der Waals surface area contributed by atoms with Gasteiger partial charge >= 0.3 is 0 Å². The van der Waals surface area contributed by atoms with E-state index in [0.717, 1.165) is 12.1 Å². The third-order valence-electron chi connectivity index (χ3n) is 5.93. The average molecular weight is 743 g/mol. The maximum Gasteiger partial charge on any atom is 0.269 e. The van der Waals surface area contributed by atoms with E-state index in [2.05, 4.69) is 38.8 Å². The number of carbonyl (C=O) groups excluding carboxylic acids is 2. The van der Waals surface area contributed by atoms with Crippen LogP contribution in [-0.2, 0) is 4.79 Å². The normalized spacial score (nSPS) is 13.4. The van der Waals surface area contributed by atoms with E-state index in [9.17, 15) is 24.0 Å². The summed E-state index contributed by atoms with van der Waals surface area (Å²) < 4.78 is 13.4. The van der Waals surface area contributed by atoms with Crippen LogP contribution in [0.1, 0.15) is 36.2 Å². The van der Waals surface area contributed by atoms with Crippen molar-refractivity contribution in [3.8, 4) is 6.07 Å². The molecule has 35 heavy (non-hydrogen) atoms. The molecule has 0 fully saturated rings. The summed E-state index contributed by atoms with van der Waals surface area (Å²) in [5.41, 5.74) is 5.85. The molecule has 0 aliphatic rings. The number of hydrazine groups is 1. The zero-order chi connectivity index (χ0) is 26.6. The van der Waals surface area contributed by atoms with Gasteiger partial charge in [0.1, 0.15) is 17.9 Å². The topological polar surface area (TPSA) is 114 Å². The molecule has 2 rings (SSSR count). The minimum atomic E-state index is -2.56. The second-order valence-electron chi connectivity index (χ2n) is 9.14. The number of halogens is 4. The Hall–Kier alpha value is -1.47. The lowest BCUT2D eigenvalue weighted by Gasteiger charge is -2.38. The van der Waals surface area contributed by atoms with Crippen LogP contribution in [0.3, 0.4) is 0 Å². The summed E-state index contributed by atoms with van der Waals surface area (Å²) in [7, 11) is -2.56. The highest BCUT2D eigenvalue weighted by Crippen LogP contribution is 2.42. The summed E-state index contributed by atoms with van der Waals surface area (Å²) in [6.45, 7) is 7.65. The van der Waals surface area contributed by atoms with Gasteiger partial charge in [-0.15, -0.1) is 0 Å². The molecule has 0 aliphatic carbocycles. The number of benzene rings is 2. The predicted octanol–water partition coefficient (Wildman–Crippen LogP) is 5.37. The summed E-state index contributed by atoms with van der Waals surface area (Å²) >= 11 is 10.5. The van der Waals surface area contributed by atoms with Crippen molar-refractivity contribution in [1.82, 2.24) is 10.9 Å². The molecule has 188 valence electrons. The molecule has 0 aromatic heterocycles. The first-order valence-electron chi connectivity index (χ1n) is 10.5. The van der Waals surface area contributed by atoms with Crippen LogP contribution in [0.15, 0.2) is 36.4 Å². The number of alkyl halides is 1. The Morgan fingerprint density at radius 2 is 1.80 bits per heavy atom. The highest BCUT2D eigenvalue weighted by molar-refractivity contribution is 14.1. The number of nitrogens with zero attached hydrogens (tertiary/aromatic N) is 1. The van der Waals surface area contributed by atoms with Gasteiger partial charge in [0, 0.05) is 15.2 Å². The van der Waals surface area contributed by atoms with Crippen LogP contribution >= 0.6 is 56.8 Å². The van der Waals surface area contributed by atoms with Gasteiger partial charge < -0.3 is 10.1 Å². The van der Waals surface area contributed by atoms with E-state index in [1.807, 2.05) is 55.6 Å². The summed E-state index contributed by atoms with van der Waals surface area (Å²) in [6.07, 6.45) is 0.515. The van der Waals surface area contributed by atoms with Gasteiger partial charge in [-0.3, -0.25) is 20.4 Å². The first kappa shape index (κ1) is 29.8. The summed E-state index contributed by atoms with van der Waals surface area (Å²) in [4.78, 5) is 36.4. The Morgan fingerprint density at radius 3 is 2.34 bits per heavy atom. The first-order chi connectivity index (χ1) is 16.2. The van der Waals surface area contributed by atoms with Crippen molar-refractivity contribution in [1.29, 1.82) is 5.26 Å². The van der Waals surface area contributed by atoms with Gasteiger partial charge in [0.2, 0.25) is 0 Å². The molecular formula is C23H26ClFI2N4O3Si. The van der Waals surface area contributed by atoms with E-state index in [1.165, 1.54) is 12.1 Å². The second kappa shape index (κ2) is 12.2. The molecule has 7 nitrogen and oxygen atoms in total. The fraction of sp³-hybridized carbons (Fsp3) is 0.348. The van der Waals surface area contributed by atoms with Crippen LogP contribution in [0, 0.1) is 20.7 Å². The average Bonchev–Trinajstić information content (AvgIpc) is 2.77. The van der Waals surface area contributed by atoms with Crippen molar-refractivity contribution >= 4 is 82.6 Å². The fourth-order valence-electron chi connectivity index (χ4n) is 2.96. The predicted molar refractivity (Wildman–Crippen MR) is 154 cm³/mol. The Morgan fingerprint density at radius 1 is 1.20 bits per heavy atom. The maximum atomic E-state index is 13.2. The standard InChI is InChI=1S/C23H26ClFI2N4O3Si/c1-23(2,35(3,4)34)11-16(26)20(29-17-10-7-14(12-28)18(24)19(17)27)22(33)31-30-21(32)13-5-8-15(25)9-6-13/h5-10,16,20,29,34H,11H2,1-4H3,(H,30,32)(H,31,33)/t16-,20+/m0/s1. The number of carbonyl (C=O) groups is 2. The maximum absolute atomic E-state index is 13.2. The van der Waals surface area contributed by atoms with Crippen molar-refractivity contribution in [2.75, 3.05) is 5.32 Å². The summed E-state index contributed by atoms with van der Waals surface area (Å²) in [5, 5.41) is 12.3. The van der Waals surface area contributed by atoms with Crippen molar-refractivity contribution < 1.29 is 18.8 Å². The van der Waals surface area contributed by atoms with Crippen LogP contribution in [0.4, 0.5) is 10.1 Å². The number of anilines is 1. The first-order valence-corrected chi connectivity index (χ1v) is 16.2. The van der Waals surface area contributed by atoms with Crippen LogP contribution in [0.5, 0.6) is 0 Å². The Balaban J connectivity index is 2.29. The van der Waals surface area contributed by atoms with Crippen LogP contribution < -0.4 is 16.2 Å². The van der Waals surface area contributed by atoms with Crippen LogP contribution in [0.25, 0.3) is 0 Å². The Labute approximate surface area is 237 Å². The quantitative estimate of drug-likeness (QED) is 0.126. The van der Waals surface area contributed by atoms with Gasteiger partial charge in [0.05, 0.1) is 14.2 Å². The van der Waals surface area contributed by atoms with Gasteiger partial charge in [-0.1, -0.05) is 48.0 Å². The van der Waals surface area contributed by atoms with E-state index >= 15 is 0 Å². The Bertz CT molecular complexity index is 1140. The molecule has 2 aromatic rings. The number of hydrogen-bond acceptors (Lipinski definition) is 5. The molecule has 0 radical (unpaired) electrons. The number of rotatable bonds is 8. The third-order valence-corrected chi connectivity index (χ3v) is 12.4. The van der Waals surface area contributed by atoms with Crippen molar-refractivity contribution in [3.63, 3.8) is 0 Å². The molecule has 0 saturated carbocycles. The van der Waals surface area contributed by atoms with Gasteiger partial charge in [-0.05, 0) is 83.5 Å². The van der Waals surface area contributed by atoms with Crippen molar-refractivity contribution in [3.05, 3.63) is 61.9 Å². The molecule has 0 unspecified atom stereocenters. The van der Waals surface area contributed by atoms with Gasteiger partial charge in [0.25, 0.3) is 11.8 Å². The lowest BCUT2D eigenvalue weighted by atomic mass is 10.0. The molecule has 12 heteroatoms. The lowest BCUT2D eigenvalue weighted by molar-refractivity contribution is -0.122. The van der Waals surface area contributed by atoms with E-state index < -0.39 is 37.0 Å². The zero-order valence-electron chi connectivity index (χ0n) is 19.5. The minimum Gasteiger partial charge on any atom is -0.432 e. The fourth-order valence-corrected chi connectivity index (χ4v) is 6.54. The van der Waals surface area contributed by atoms with Crippen LogP contribution in [-0.4, -0.2) is 34.9 Å². The highest BCUT2D eigenvalue weighted by Gasteiger charge is 2.42. The second-order valence-corrected chi connectivity index (χ2v) is 16.7. The van der Waals surface area contributed by atoms with Crippen molar-refractivity contribution in [2.24, 2.45) is 0 Å². The number of hydrogen-bond donors (Lipinski definition) is 4. The van der Waals surface area contributed by atoms with Gasteiger partial charge in [-0.25, -0.2) is 4.39 Å². The summed E-state index contributed by atoms with van der Waals surface area (Å²) in [5.74, 6) is -1.58. The molecule has 0 aliphatic heterocycles. The van der Waals surface area contributed by atoms with Gasteiger partial charge in [-0.2, -0.15) is 5.26 Å². The largest absolute Gasteiger partial charge is 0.432 e. The molecule has 2 amide bonds. The molecule has 2 atom stereocenters. The van der Waals surface area contributed by atoms with Gasteiger partial charge in [0.15, 0.2) is 8.32 Å². The summed E-state index contributed by atoms with van der Waals surface area (Å²) in [6, 6.07) is 9.36. The monoisotopic (exact) mass is 742 g/mol. The molecule has 0 heterocycles. The molecular weight excluding hydrogens is 717 g/mol. The molecule has 4 N–H and O–H groups in total. The zero-order valence-corrected chi connectivity index (χ0v) is 25.6. The molecule has 0 bridgehead atoms. The Kier molecular flexibility index (Phi) is 10.4. The third kappa shape index (κ3) is 7.75.